The molecule has 0 aromatic rings. The van der Waals surface area contributed by atoms with Crippen LogP contribution in [0.3, 0.4) is 0 Å². The van der Waals surface area contributed by atoms with Crippen LogP contribution in [0, 0.1) is 0 Å². The first-order valence-electron chi connectivity index (χ1n) is 4.70. The molecule has 2 heteroatoms. The first-order valence-corrected chi connectivity index (χ1v) is 11.3. The Labute approximate surface area is 77.2 Å². The van der Waals surface area contributed by atoms with E-state index in [0.717, 1.165) is 12.1 Å². The monoisotopic (exact) mass is 213 g/mol. The average Bonchev–Trinajstić information content (AvgIpc) is 1.81. The zero-order valence-corrected chi connectivity index (χ0v) is 11.3. The Morgan fingerprint density at radius 1 is 1.00 bits per heavy atom. The fourth-order valence-corrected chi connectivity index (χ4v) is 4.98. The van der Waals surface area contributed by atoms with E-state index in [1.54, 1.807) is 0 Å². The van der Waals surface area contributed by atoms with Crippen molar-refractivity contribution < 1.29 is 0 Å². The van der Waals surface area contributed by atoms with Crippen LogP contribution in [0.2, 0.25) is 11.0 Å². The SMILES string of the molecule is CC(C)N([CH2][Ga]([CH3])[CH3])C(C)C. The quantitative estimate of drug-likeness (QED) is 0.649. The summed E-state index contributed by atoms with van der Waals surface area (Å²) in [5.41, 5.74) is 4.93. The second kappa shape index (κ2) is 5.28. The van der Waals surface area contributed by atoms with Gasteiger partial charge in [-0.25, -0.2) is 0 Å². The third-order valence-corrected chi connectivity index (χ3v) is 4.32. The van der Waals surface area contributed by atoms with Crippen LogP contribution < -0.4 is 0 Å². The van der Waals surface area contributed by atoms with Crippen molar-refractivity contribution in [1.82, 2.24) is 4.90 Å². The van der Waals surface area contributed by atoms with E-state index in [1.807, 2.05) is 0 Å². The van der Waals surface area contributed by atoms with E-state index in [4.69, 9.17) is 0 Å². The average molecular weight is 214 g/mol. The molecule has 0 bridgehead atoms. The van der Waals surface area contributed by atoms with Crippen molar-refractivity contribution in [1.29, 1.82) is 0 Å². The van der Waals surface area contributed by atoms with Crippen LogP contribution in [-0.4, -0.2) is 38.3 Å². The van der Waals surface area contributed by atoms with E-state index in [2.05, 4.69) is 43.6 Å². The van der Waals surface area contributed by atoms with Gasteiger partial charge in [-0.15, -0.1) is 0 Å². The molecule has 0 radical (unpaired) electrons. The van der Waals surface area contributed by atoms with Gasteiger partial charge in [0.15, 0.2) is 0 Å². The summed E-state index contributed by atoms with van der Waals surface area (Å²) in [6.07, 6.45) is 0. The number of hydrogen-bond donors (Lipinski definition) is 0. The topological polar surface area (TPSA) is 3.24 Å². The Bertz CT molecular complexity index is 91.7. The molecule has 0 saturated heterocycles. The van der Waals surface area contributed by atoms with Gasteiger partial charge in [0.05, 0.1) is 0 Å². The molecule has 0 fully saturated rings. The second-order valence-corrected chi connectivity index (χ2v) is 10.9. The van der Waals surface area contributed by atoms with Crippen LogP contribution >= 0.6 is 0 Å². The van der Waals surface area contributed by atoms with Crippen LogP contribution in [0.1, 0.15) is 27.7 Å². The zero-order valence-electron chi connectivity index (χ0n) is 8.89. The Morgan fingerprint density at radius 2 is 1.36 bits per heavy atom. The molecule has 0 N–H and O–H groups in total. The standard InChI is InChI=1S/C7H16N.2CH3.Ga/c1-6(2)8(5)7(3)4;;;/h6-7H,5H2,1-4H3;2*1H3;. The van der Waals surface area contributed by atoms with Crippen molar-refractivity contribution in [2.45, 2.75) is 50.7 Å². The number of rotatable bonds is 4. The van der Waals surface area contributed by atoms with E-state index in [1.165, 1.54) is 5.10 Å². The van der Waals surface area contributed by atoms with E-state index in [0.29, 0.717) is 0 Å². The summed E-state index contributed by atoms with van der Waals surface area (Å²) in [5, 5.41) is 1.41. The van der Waals surface area contributed by atoms with Gasteiger partial charge in [-0.3, -0.25) is 0 Å². The summed E-state index contributed by atoms with van der Waals surface area (Å²) in [5.74, 6) is 0. The van der Waals surface area contributed by atoms with Gasteiger partial charge in [0.2, 0.25) is 0 Å². The summed E-state index contributed by atoms with van der Waals surface area (Å²) in [6.45, 7) is 9.18. The van der Waals surface area contributed by atoms with Gasteiger partial charge in [-0.2, -0.15) is 0 Å². The minimum absolute atomic E-state index is 0.725. The van der Waals surface area contributed by atoms with Crippen LogP contribution in [-0.2, 0) is 0 Å². The summed E-state index contributed by atoms with van der Waals surface area (Å²) >= 11 is -0.832. The van der Waals surface area contributed by atoms with Gasteiger partial charge in [0.1, 0.15) is 0 Å². The molecular formula is C9H22GaN. The number of hydrogen-bond acceptors (Lipinski definition) is 1. The summed E-state index contributed by atoms with van der Waals surface area (Å²) < 4.78 is 0. The molecule has 0 unspecified atom stereocenters. The number of nitrogens with zero attached hydrogens (tertiary/aromatic N) is 1. The molecular weight excluding hydrogens is 192 g/mol. The predicted molar refractivity (Wildman–Crippen MR) is 54.5 cm³/mol. The Kier molecular flexibility index (Phi) is 5.56. The van der Waals surface area contributed by atoms with E-state index < -0.39 is 16.2 Å². The Balaban J connectivity index is 3.90. The Morgan fingerprint density at radius 3 is 1.45 bits per heavy atom. The van der Waals surface area contributed by atoms with Crippen molar-refractivity contribution in [3.63, 3.8) is 0 Å². The molecule has 0 aromatic carbocycles. The molecule has 0 aliphatic heterocycles. The molecule has 0 spiro atoms. The molecule has 0 aliphatic carbocycles. The molecule has 0 aromatic heterocycles. The molecule has 1 nitrogen and oxygen atoms in total. The summed E-state index contributed by atoms with van der Waals surface area (Å²) in [6, 6.07) is 1.45. The van der Waals surface area contributed by atoms with E-state index in [-0.39, 0.29) is 0 Å². The maximum absolute atomic E-state index is 2.62. The van der Waals surface area contributed by atoms with Gasteiger partial charge in [-0.05, 0) is 0 Å². The van der Waals surface area contributed by atoms with Crippen LogP contribution in [0.5, 0.6) is 0 Å². The van der Waals surface area contributed by atoms with Crippen molar-refractivity contribution in [2.24, 2.45) is 0 Å². The van der Waals surface area contributed by atoms with Crippen molar-refractivity contribution >= 4 is 16.2 Å². The van der Waals surface area contributed by atoms with Gasteiger partial charge >= 0.3 is 77.0 Å². The first-order chi connectivity index (χ1) is 4.95. The predicted octanol–water partition coefficient (Wildman–Crippen LogP) is 2.40. The van der Waals surface area contributed by atoms with Gasteiger partial charge in [0, 0.05) is 0 Å². The van der Waals surface area contributed by atoms with Crippen LogP contribution in [0.15, 0.2) is 0 Å². The van der Waals surface area contributed by atoms with E-state index in [9.17, 15) is 0 Å². The molecule has 66 valence electrons. The normalized spacial score (nSPS) is 11.7. The molecule has 0 amide bonds. The molecule has 0 atom stereocenters. The zero-order chi connectivity index (χ0) is 9.02. The summed E-state index contributed by atoms with van der Waals surface area (Å²) in [4.78, 5) is 2.62. The molecule has 11 heavy (non-hydrogen) atoms. The third-order valence-electron chi connectivity index (χ3n) is 1.90. The second-order valence-electron chi connectivity index (χ2n) is 4.28. The summed E-state index contributed by atoms with van der Waals surface area (Å²) in [7, 11) is 0. The maximum atomic E-state index is 2.62. The van der Waals surface area contributed by atoms with Gasteiger partial charge < -0.3 is 0 Å². The van der Waals surface area contributed by atoms with Gasteiger partial charge in [-0.1, -0.05) is 0 Å². The van der Waals surface area contributed by atoms with Crippen molar-refractivity contribution in [2.75, 3.05) is 5.10 Å². The van der Waals surface area contributed by atoms with Crippen molar-refractivity contribution in [3.05, 3.63) is 0 Å². The first kappa shape index (κ1) is 11.6. The third kappa shape index (κ3) is 4.94. The molecule has 0 rings (SSSR count). The van der Waals surface area contributed by atoms with Crippen LogP contribution in [0.4, 0.5) is 0 Å². The van der Waals surface area contributed by atoms with Crippen molar-refractivity contribution in [3.8, 4) is 0 Å². The molecule has 0 saturated carbocycles. The fraction of sp³-hybridized carbons (Fsp3) is 1.00. The van der Waals surface area contributed by atoms with Gasteiger partial charge in [0.25, 0.3) is 0 Å². The van der Waals surface area contributed by atoms with E-state index >= 15 is 0 Å². The minimum atomic E-state index is -0.832. The Hall–Kier alpha value is 0.596. The molecule has 0 aliphatic rings. The fourth-order valence-electron chi connectivity index (χ4n) is 1.44. The van der Waals surface area contributed by atoms with Crippen LogP contribution in [0.25, 0.3) is 0 Å². The molecule has 0 heterocycles.